The Bertz CT molecular complexity index is 1390. The number of nitrogens with one attached hydrogen (secondary N) is 1. The van der Waals surface area contributed by atoms with Gasteiger partial charge in [-0.1, -0.05) is 42.5 Å². The van der Waals surface area contributed by atoms with E-state index in [2.05, 4.69) is 5.32 Å². The number of hydrogen-bond donors (Lipinski definition) is 1. The molecule has 1 aliphatic heterocycles. The van der Waals surface area contributed by atoms with E-state index in [4.69, 9.17) is 9.84 Å². The van der Waals surface area contributed by atoms with Crippen molar-refractivity contribution in [2.45, 2.75) is 19.8 Å². The van der Waals surface area contributed by atoms with Gasteiger partial charge in [0.05, 0.1) is 24.0 Å². The number of amides is 2. The number of nitrogens with zero attached hydrogens (tertiary/aromatic N) is 3. The number of carbonyl (C=O) groups excluding carboxylic acids is 2. The van der Waals surface area contributed by atoms with E-state index in [1.807, 2.05) is 61.5 Å². The molecule has 0 spiro atoms. The molecule has 0 atom stereocenters. The fourth-order valence-corrected chi connectivity index (χ4v) is 4.37. The van der Waals surface area contributed by atoms with Gasteiger partial charge in [0, 0.05) is 30.4 Å². The van der Waals surface area contributed by atoms with Crippen molar-refractivity contribution >= 4 is 23.2 Å². The Balaban J connectivity index is 1.52. The SMILES string of the molecule is COc1ccc(NC(=O)c2cn(-c3ccccc3)nc2-c2ccccc2C)cc1N1CCCC1=O. The Hall–Kier alpha value is -4.39. The van der Waals surface area contributed by atoms with Gasteiger partial charge in [-0.25, -0.2) is 4.68 Å². The van der Waals surface area contributed by atoms with E-state index in [-0.39, 0.29) is 11.8 Å². The van der Waals surface area contributed by atoms with E-state index in [0.29, 0.717) is 41.3 Å². The normalized spacial score (nSPS) is 13.2. The van der Waals surface area contributed by atoms with Crippen LogP contribution in [-0.4, -0.2) is 35.2 Å². The van der Waals surface area contributed by atoms with E-state index < -0.39 is 0 Å². The molecule has 2 amide bonds. The number of methoxy groups -OCH3 is 1. The Kier molecular flexibility index (Phi) is 6.06. The summed E-state index contributed by atoms with van der Waals surface area (Å²) in [6, 6.07) is 22.9. The smallest absolute Gasteiger partial charge is 0.259 e. The molecular formula is C28H26N4O3. The molecule has 0 aliphatic carbocycles. The molecule has 0 bridgehead atoms. The number of para-hydroxylation sites is 1. The van der Waals surface area contributed by atoms with Crippen molar-refractivity contribution < 1.29 is 14.3 Å². The number of carbonyl (C=O) groups is 2. The molecule has 2 heterocycles. The summed E-state index contributed by atoms with van der Waals surface area (Å²) in [5.41, 5.74) is 5.08. The quantitative estimate of drug-likeness (QED) is 0.422. The van der Waals surface area contributed by atoms with E-state index >= 15 is 0 Å². The molecule has 1 fully saturated rings. The molecule has 0 radical (unpaired) electrons. The largest absolute Gasteiger partial charge is 0.495 e. The number of benzene rings is 3. The van der Waals surface area contributed by atoms with Crippen LogP contribution in [0.5, 0.6) is 5.75 Å². The third-order valence-corrected chi connectivity index (χ3v) is 6.18. The van der Waals surface area contributed by atoms with E-state index in [9.17, 15) is 9.59 Å². The van der Waals surface area contributed by atoms with Crippen LogP contribution in [0.4, 0.5) is 11.4 Å². The molecule has 1 aliphatic rings. The molecule has 1 N–H and O–H groups in total. The molecule has 3 aromatic carbocycles. The Labute approximate surface area is 204 Å². The minimum Gasteiger partial charge on any atom is -0.495 e. The molecule has 1 aromatic heterocycles. The Morgan fingerprint density at radius 3 is 2.51 bits per heavy atom. The topological polar surface area (TPSA) is 76.5 Å². The first-order chi connectivity index (χ1) is 17.0. The van der Waals surface area contributed by atoms with Crippen LogP contribution in [0.3, 0.4) is 0 Å². The monoisotopic (exact) mass is 466 g/mol. The van der Waals surface area contributed by atoms with Crippen molar-refractivity contribution in [2.75, 3.05) is 23.9 Å². The summed E-state index contributed by atoms with van der Waals surface area (Å²) < 4.78 is 7.19. The molecule has 176 valence electrons. The maximum atomic E-state index is 13.5. The standard InChI is InChI=1S/C28H26N4O3/c1-19-9-6-7-12-22(19)27-23(18-32(30-27)21-10-4-3-5-11-21)28(34)29-20-14-15-25(35-2)24(17-20)31-16-8-13-26(31)33/h3-7,9-12,14-15,17-18H,8,13,16H2,1-2H3,(H,29,34). The number of aryl methyl sites for hydroxylation is 1. The molecule has 35 heavy (non-hydrogen) atoms. The zero-order chi connectivity index (χ0) is 24.4. The van der Waals surface area contributed by atoms with Crippen molar-refractivity contribution in [2.24, 2.45) is 0 Å². The fraction of sp³-hybridized carbons (Fsp3) is 0.179. The third kappa shape index (κ3) is 4.40. The maximum absolute atomic E-state index is 13.5. The maximum Gasteiger partial charge on any atom is 0.259 e. The van der Waals surface area contributed by atoms with Crippen LogP contribution in [0.1, 0.15) is 28.8 Å². The van der Waals surface area contributed by atoms with Gasteiger partial charge in [0.15, 0.2) is 0 Å². The van der Waals surface area contributed by atoms with E-state index in [1.165, 1.54) is 0 Å². The lowest BCUT2D eigenvalue weighted by Gasteiger charge is -2.20. The first-order valence-corrected chi connectivity index (χ1v) is 11.6. The summed E-state index contributed by atoms with van der Waals surface area (Å²) in [6.45, 7) is 2.63. The highest BCUT2D eigenvalue weighted by atomic mass is 16.5. The van der Waals surface area contributed by atoms with E-state index in [0.717, 1.165) is 23.2 Å². The summed E-state index contributed by atoms with van der Waals surface area (Å²) in [5.74, 6) is 0.364. The second kappa shape index (κ2) is 9.46. The van der Waals surface area contributed by atoms with Gasteiger partial charge in [0.2, 0.25) is 5.91 Å². The van der Waals surface area contributed by atoms with Gasteiger partial charge in [0.1, 0.15) is 11.4 Å². The first-order valence-electron chi connectivity index (χ1n) is 11.6. The average molecular weight is 467 g/mol. The molecule has 5 rings (SSSR count). The van der Waals surface area contributed by atoms with Crippen LogP contribution in [0.2, 0.25) is 0 Å². The summed E-state index contributed by atoms with van der Waals surface area (Å²) >= 11 is 0. The second-order valence-corrected chi connectivity index (χ2v) is 8.48. The Morgan fingerprint density at radius 2 is 1.80 bits per heavy atom. The van der Waals surface area contributed by atoms with Crippen LogP contribution < -0.4 is 15.0 Å². The first kappa shape index (κ1) is 22.4. The highest BCUT2D eigenvalue weighted by molar-refractivity contribution is 6.09. The van der Waals surface area contributed by atoms with Crippen LogP contribution in [0.15, 0.2) is 79.0 Å². The van der Waals surface area contributed by atoms with Crippen molar-refractivity contribution in [3.8, 4) is 22.7 Å². The van der Waals surface area contributed by atoms with E-state index in [1.54, 1.807) is 41.1 Å². The molecule has 0 unspecified atom stereocenters. The van der Waals surface area contributed by atoms with Crippen LogP contribution in [0.25, 0.3) is 16.9 Å². The Morgan fingerprint density at radius 1 is 1.03 bits per heavy atom. The van der Waals surface area contributed by atoms with Crippen LogP contribution in [-0.2, 0) is 4.79 Å². The number of aromatic nitrogens is 2. The van der Waals surface area contributed by atoms with Gasteiger partial charge in [-0.3, -0.25) is 9.59 Å². The number of rotatable bonds is 6. The van der Waals surface area contributed by atoms with Crippen molar-refractivity contribution in [3.63, 3.8) is 0 Å². The highest BCUT2D eigenvalue weighted by Gasteiger charge is 2.25. The molecule has 7 nitrogen and oxygen atoms in total. The summed E-state index contributed by atoms with van der Waals surface area (Å²) in [4.78, 5) is 27.6. The molecular weight excluding hydrogens is 440 g/mol. The lowest BCUT2D eigenvalue weighted by atomic mass is 10.0. The number of ether oxygens (including phenoxy) is 1. The van der Waals surface area contributed by atoms with Crippen molar-refractivity contribution in [1.29, 1.82) is 0 Å². The highest BCUT2D eigenvalue weighted by Crippen LogP contribution is 2.34. The lowest BCUT2D eigenvalue weighted by molar-refractivity contribution is -0.117. The van der Waals surface area contributed by atoms with Gasteiger partial charge in [0.25, 0.3) is 5.91 Å². The van der Waals surface area contributed by atoms with Gasteiger partial charge >= 0.3 is 0 Å². The zero-order valence-corrected chi connectivity index (χ0v) is 19.7. The summed E-state index contributed by atoms with van der Waals surface area (Å²) in [6.07, 6.45) is 3.07. The predicted molar refractivity (Wildman–Crippen MR) is 136 cm³/mol. The number of anilines is 2. The molecule has 0 saturated carbocycles. The van der Waals surface area contributed by atoms with Gasteiger partial charge < -0.3 is 15.0 Å². The van der Waals surface area contributed by atoms with Gasteiger partial charge in [-0.15, -0.1) is 0 Å². The average Bonchev–Trinajstić information content (AvgIpc) is 3.51. The van der Waals surface area contributed by atoms with Gasteiger partial charge in [-0.2, -0.15) is 5.10 Å². The van der Waals surface area contributed by atoms with Crippen LogP contribution in [0, 0.1) is 6.92 Å². The summed E-state index contributed by atoms with van der Waals surface area (Å²) in [7, 11) is 1.57. The van der Waals surface area contributed by atoms with Crippen molar-refractivity contribution in [1.82, 2.24) is 9.78 Å². The van der Waals surface area contributed by atoms with Crippen molar-refractivity contribution in [3.05, 3.63) is 90.1 Å². The minimum atomic E-state index is -0.283. The second-order valence-electron chi connectivity index (χ2n) is 8.48. The third-order valence-electron chi connectivity index (χ3n) is 6.18. The van der Waals surface area contributed by atoms with Crippen LogP contribution >= 0.6 is 0 Å². The predicted octanol–water partition coefficient (Wildman–Crippen LogP) is 5.24. The molecule has 4 aromatic rings. The molecule has 7 heteroatoms. The lowest BCUT2D eigenvalue weighted by Crippen LogP contribution is -2.24. The summed E-state index contributed by atoms with van der Waals surface area (Å²) in [5, 5.41) is 7.77. The minimum absolute atomic E-state index is 0.0535. The molecule has 1 saturated heterocycles. The zero-order valence-electron chi connectivity index (χ0n) is 19.7. The number of hydrogen-bond acceptors (Lipinski definition) is 4. The van der Waals surface area contributed by atoms with Gasteiger partial charge in [-0.05, 0) is 49.2 Å². The fourth-order valence-electron chi connectivity index (χ4n) is 4.37.